The topological polar surface area (TPSA) is 38.1 Å². The summed E-state index contributed by atoms with van der Waals surface area (Å²) < 4.78 is 32.7. The normalized spacial score (nSPS) is 12.7. The lowest BCUT2D eigenvalue weighted by Gasteiger charge is -2.08. The molecule has 0 spiro atoms. The summed E-state index contributed by atoms with van der Waals surface area (Å²) in [4.78, 5) is 4.09. The molecule has 1 heterocycles. The Balaban J connectivity index is 2.27. The van der Waals surface area contributed by atoms with Crippen molar-refractivity contribution in [3.8, 4) is 11.3 Å². The molecule has 1 unspecified atom stereocenters. The average Bonchev–Trinajstić information content (AvgIpc) is 2.89. The predicted octanol–water partition coefficient (Wildman–Crippen LogP) is 4.33. The number of aromatic nitrogens is 1. The van der Waals surface area contributed by atoms with Crippen LogP contribution in [0.15, 0.2) is 22.7 Å². The predicted molar refractivity (Wildman–Crippen MR) is 73.6 cm³/mol. The van der Waals surface area contributed by atoms with E-state index in [0.717, 1.165) is 25.1 Å². The summed E-state index contributed by atoms with van der Waals surface area (Å²) in [5.41, 5.74) is 0.00772. The molecule has 6 heteroatoms. The molecule has 1 N–H and O–H groups in total. The molecule has 0 saturated heterocycles. The maximum atomic E-state index is 13.8. The van der Waals surface area contributed by atoms with Gasteiger partial charge in [0.05, 0.1) is 22.8 Å². The van der Waals surface area contributed by atoms with E-state index >= 15 is 0 Å². The molecule has 3 nitrogen and oxygen atoms in total. The van der Waals surface area contributed by atoms with Crippen LogP contribution in [0.3, 0.4) is 0 Å². The Labute approximate surface area is 121 Å². The lowest BCUT2D eigenvalue weighted by Crippen LogP contribution is -2.19. The number of nitrogens with zero attached hydrogens (tertiary/aromatic N) is 1. The van der Waals surface area contributed by atoms with E-state index in [4.69, 9.17) is 16.0 Å². The molecule has 1 aromatic carbocycles. The third-order valence-corrected chi connectivity index (χ3v) is 3.16. The summed E-state index contributed by atoms with van der Waals surface area (Å²) in [6.07, 6.45) is 2.36. The summed E-state index contributed by atoms with van der Waals surface area (Å²) in [6.45, 7) is 4.76. The number of benzene rings is 1. The van der Waals surface area contributed by atoms with Gasteiger partial charge in [-0.2, -0.15) is 0 Å². The highest BCUT2D eigenvalue weighted by molar-refractivity contribution is 6.30. The molecule has 0 amide bonds. The van der Waals surface area contributed by atoms with Crippen LogP contribution in [0.5, 0.6) is 0 Å². The summed E-state index contributed by atoms with van der Waals surface area (Å²) in [7, 11) is 0. The Morgan fingerprint density at radius 3 is 2.80 bits per heavy atom. The van der Waals surface area contributed by atoms with Crippen molar-refractivity contribution >= 4 is 11.6 Å². The molecule has 0 fully saturated rings. The minimum absolute atomic E-state index is 0.00772. The van der Waals surface area contributed by atoms with E-state index < -0.39 is 11.6 Å². The molecule has 2 aromatic rings. The molecule has 0 radical (unpaired) electrons. The van der Waals surface area contributed by atoms with Gasteiger partial charge in [-0.25, -0.2) is 13.8 Å². The Hall–Kier alpha value is -1.46. The van der Waals surface area contributed by atoms with Crippen molar-refractivity contribution in [3.63, 3.8) is 0 Å². The zero-order valence-electron chi connectivity index (χ0n) is 11.2. The fraction of sp³-hybridized carbons (Fsp3) is 0.357. The smallest absolute Gasteiger partial charge is 0.211 e. The standard InChI is InChI=1S/C14H15ClF2N2O/c1-3-4-18-8(2)14-19-7-13(20-14)9-5-12(17)10(15)6-11(9)16/h5-8,18H,3-4H2,1-2H3. The maximum absolute atomic E-state index is 13.8. The monoisotopic (exact) mass is 300 g/mol. The Morgan fingerprint density at radius 1 is 1.35 bits per heavy atom. The minimum atomic E-state index is -0.696. The van der Waals surface area contributed by atoms with Gasteiger partial charge < -0.3 is 9.73 Å². The van der Waals surface area contributed by atoms with Gasteiger partial charge in [0, 0.05) is 0 Å². The van der Waals surface area contributed by atoms with E-state index in [1.165, 1.54) is 6.20 Å². The van der Waals surface area contributed by atoms with Crippen molar-refractivity contribution < 1.29 is 13.2 Å². The van der Waals surface area contributed by atoms with Crippen LogP contribution in [0.25, 0.3) is 11.3 Å². The first-order valence-electron chi connectivity index (χ1n) is 6.37. The van der Waals surface area contributed by atoms with Crippen LogP contribution < -0.4 is 5.32 Å². The third kappa shape index (κ3) is 3.16. The molecule has 0 aliphatic carbocycles. The van der Waals surface area contributed by atoms with Crippen molar-refractivity contribution in [1.29, 1.82) is 0 Å². The highest BCUT2D eigenvalue weighted by atomic mass is 35.5. The number of hydrogen-bond acceptors (Lipinski definition) is 3. The first kappa shape index (κ1) is 14.9. The molecule has 20 heavy (non-hydrogen) atoms. The van der Waals surface area contributed by atoms with Crippen molar-refractivity contribution in [2.45, 2.75) is 26.3 Å². The molecule has 0 aliphatic heterocycles. The van der Waals surface area contributed by atoms with Crippen molar-refractivity contribution in [2.24, 2.45) is 0 Å². The molecule has 0 bridgehead atoms. The van der Waals surface area contributed by atoms with Crippen LogP contribution in [-0.2, 0) is 0 Å². The molecule has 0 aliphatic rings. The van der Waals surface area contributed by atoms with Crippen molar-refractivity contribution in [3.05, 3.63) is 40.9 Å². The van der Waals surface area contributed by atoms with Gasteiger partial charge in [0.1, 0.15) is 11.6 Å². The third-order valence-electron chi connectivity index (χ3n) is 2.87. The Kier molecular flexibility index (Phi) is 4.73. The van der Waals surface area contributed by atoms with E-state index in [-0.39, 0.29) is 22.4 Å². The Bertz CT molecular complexity index is 601. The van der Waals surface area contributed by atoms with Crippen LogP contribution in [0, 0.1) is 11.6 Å². The SMILES string of the molecule is CCCNC(C)c1ncc(-c2cc(F)c(Cl)cc2F)o1. The lowest BCUT2D eigenvalue weighted by molar-refractivity contribution is 0.421. The summed E-state index contributed by atoms with van der Waals surface area (Å²) >= 11 is 5.52. The Morgan fingerprint density at radius 2 is 2.10 bits per heavy atom. The molecule has 0 saturated carbocycles. The van der Waals surface area contributed by atoms with Gasteiger partial charge in [-0.15, -0.1) is 0 Å². The van der Waals surface area contributed by atoms with E-state index in [9.17, 15) is 8.78 Å². The summed E-state index contributed by atoms with van der Waals surface area (Å²) in [6, 6.07) is 1.84. The number of hydrogen-bond donors (Lipinski definition) is 1. The second-order valence-electron chi connectivity index (χ2n) is 4.48. The van der Waals surface area contributed by atoms with Gasteiger partial charge in [-0.05, 0) is 32.0 Å². The fourth-order valence-electron chi connectivity index (χ4n) is 1.77. The largest absolute Gasteiger partial charge is 0.439 e. The first-order chi connectivity index (χ1) is 9.52. The van der Waals surface area contributed by atoms with Gasteiger partial charge in [-0.3, -0.25) is 0 Å². The van der Waals surface area contributed by atoms with E-state index in [1.54, 1.807) is 0 Å². The van der Waals surface area contributed by atoms with E-state index in [0.29, 0.717) is 5.89 Å². The molecular formula is C14H15ClF2N2O. The minimum Gasteiger partial charge on any atom is -0.439 e. The number of nitrogens with one attached hydrogen (secondary N) is 1. The fourth-order valence-corrected chi connectivity index (χ4v) is 1.92. The molecule has 2 rings (SSSR count). The number of oxazole rings is 1. The maximum Gasteiger partial charge on any atom is 0.211 e. The van der Waals surface area contributed by atoms with Crippen LogP contribution in [0.1, 0.15) is 32.2 Å². The van der Waals surface area contributed by atoms with Gasteiger partial charge >= 0.3 is 0 Å². The molecule has 108 valence electrons. The zero-order valence-corrected chi connectivity index (χ0v) is 12.0. The lowest BCUT2D eigenvalue weighted by atomic mass is 10.1. The summed E-state index contributed by atoms with van der Waals surface area (Å²) in [5, 5.41) is 2.94. The van der Waals surface area contributed by atoms with Crippen LogP contribution in [-0.4, -0.2) is 11.5 Å². The molecule has 1 aromatic heterocycles. The quantitative estimate of drug-likeness (QED) is 0.835. The zero-order chi connectivity index (χ0) is 14.7. The van der Waals surface area contributed by atoms with Crippen molar-refractivity contribution in [2.75, 3.05) is 6.54 Å². The van der Waals surface area contributed by atoms with E-state index in [2.05, 4.69) is 10.3 Å². The van der Waals surface area contributed by atoms with E-state index in [1.807, 2.05) is 13.8 Å². The second kappa shape index (κ2) is 6.33. The molecule has 1 atom stereocenters. The van der Waals surface area contributed by atoms with Crippen LogP contribution >= 0.6 is 11.6 Å². The first-order valence-corrected chi connectivity index (χ1v) is 6.74. The van der Waals surface area contributed by atoms with Crippen molar-refractivity contribution in [1.82, 2.24) is 10.3 Å². The van der Waals surface area contributed by atoms with Crippen LogP contribution in [0.4, 0.5) is 8.78 Å². The summed E-state index contributed by atoms with van der Waals surface area (Å²) in [5.74, 6) is -0.729. The van der Waals surface area contributed by atoms with Crippen LogP contribution in [0.2, 0.25) is 5.02 Å². The molecular weight excluding hydrogens is 286 g/mol. The number of rotatable bonds is 5. The van der Waals surface area contributed by atoms with Gasteiger partial charge in [0.15, 0.2) is 5.76 Å². The second-order valence-corrected chi connectivity index (χ2v) is 4.89. The highest BCUT2D eigenvalue weighted by Crippen LogP contribution is 2.29. The highest BCUT2D eigenvalue weighted by Gasteiger charge is 2.17. The number of halogens is 3. The average molecular weight is 301 g/mol. The van der Waals surface area contributed by atoms with Gasteiger partial charge in [0.25, 0.3) is 0 Å². The van der Waals surface area contributed by atoms with Gasteiger partial charge in [-0.1, -0.05) is 18.5 Å². The van der Waals surface area contributed by atoms with Gasteiger partial charge in [0.2, 0.25) is 5.89 Å².